The minimum Gasteiger partial charge on any atom is -0.479 e. The maximum atomic E-state index is 11.7. The molecule has 0 aromatic carbocycles. The molecule has 186 valence electrons. The summed E-state index contributed by atoms with van der Waals surface area (Å²) < 4.78 is 12.2. The molecule has 0 unspecified atom stereocenters. The van der Waals surface area contributed by atoms with Crippen LogP contribution >= 0.6 is 11.6 Å². The van der Waals surface area contributed by atoms with Crippen molar-refractivity contribution >= 4 is 40.4 Å². The van der Waals surface area contributed by atoms with E-state index >= 15 is 0 Å². The largest absolute Gasteiger partial charge is 0.479 e. The molecule has 1 fully saturated rings. The van der Waals surface area contributed by atoms with Gasteiger partial charge in [0.1, 0.15) is 22.9 Å². The number of aliphatic carboxylic acids is 2. The van der Waals surface area contributed by atoms with Crippen LogP contribution < -0.4 is 5.32 Å². The second-order valence-corrected chi connectivity index (χ2v) is 8.56. The Morgan fingerprint density at radius 3 is 2.60 bits per heavy atom. The number of pyridine rings is 1. The van der Waals surface area contributed by atoms with Crippen molar-refractivity contribution in [2.45, 2.75) is 55.9 Å². The average Bonchev–Trinajstić information content (AvgIpc) is 3.30. The molecule has 0 bridgehead atoms. The first-order valence-corrected chi connectivity index (χ1v) is 10.7. The highest BCUT2D eigenvalue weighted by molar-refractivity contribution is 6.30. The summed E-state index contributed by atoms with van der Waals surface area (Å²) >= 11 is 6.16. The van der Waals surface area contributed by atoms with E-state index in [0.29, 0.717) is 11.2 Å². The molecule has 0 radical (unpaired) electrons. The Labute approximate surface area is 204 Å². The molecule has 4 atom stereocenters. The van der Waals surface area contributed by atoms with E-state index in [4.69, 9.17) is 33.9 Å². The highest BCUT2D eigenvalue weighted by Crippen LogP contribution is 2.40. The van der Waals surface area contributed by atoms with Gasteiger partial charge in [-0.05, 0) is 13.8 Å². The van der Waals surface area contributed by atoms with Crippen molar-refractivity contribution in [2.24, 2.45) is 0 Å². The van der Waals surface area contributed by atoms with Crippen LogP contribution in [-0.4, -0.2) is 83.0 Å². The van der Waals surface area contributed by atoms with E-state index in [9.17, 15) is 30.0 Å². The number of anilines is 1. The zero-order valence-corrected chi connectivity index (χ0v) is 19.4. The number of halogens is 1. The molecule has 1 saturated heterocycles. The van der Waals surface area contributed by atoms with Crippen LogP contribution in [0.2, 0.25) is 5.15 Å². The van der Waals surface area contributed by atoms with Crippen molar-refractivity contribution in [3.05, 3.63) is 17.5 Å². The topological polar surface area (TPSA) is 176 Å². The summed E-state index contributed by atoms with van der Waals surface area (Å²) in [6.07, 6.45) is 6.40. The lowest BCUT2D eigenvalue weighted by Crippen LogP contribution is -2.53. The van der Waals surface area contributed by atoms with Crippen LogP contribution in [0.3, 0.4) is 0 Å². The summed E-state index contributed by atoms with van der Waals surface area (Å²) in [7, 11) is 0. The van der Waals surface area contributed by atoms with Gasteiger partial charge in [-0.1, -0.05) is 17.5 Å². The number of aliphatic hydroxyl groups excluding tert-OH is 1. The first-order valence-electron chi connectivity index (χ1n) is 10.3. The molecule has 2 aromatic rings. The summed E-state index contributed by atoms with van der Waals surface area (Å²) in [6, 6.07) is 1.61. The average molecular weight is 507 g/mol. The first-order chi connectivity index (χ1) is 16.4. The summed E-state index contributed by atoms with van der Waals surface area (Å²) in [4.78, 5) is 31.8. The van der Waals surface area contributed by atoms with E-state index in [0.717, 1.165) is 0 Å². The summed E-state index contributed by atoms with van der Waals surface area (Å²) in [5.74, 6) is 0.266. The number of imidazole rings is 1. The van der Waals surface area contributed by atoms with E-state index in [1.54, 1.807) is 6.07 Å². The number of hydrogen-bond acceptors (Lipinski definition) is 9. The Morgan fingerprint density at radius 2 is 2.06 bits per heavy atom. The van der Waals surface area contributed by atoms with Crippen molar-refractivity contribution in [3.8, 4) is 24.7 Å². The van der Waals surface area contributed by atoms with Crippen LogP contribution in [0.25, 0.3) is 11.2 Å². The van der Waals surface area contributed by atoms with Gasteiger partial charge in [-0.2, -0.15) is 0 Å². The number of fused-ring (bicyclic) bond motifs is 1. The Morgan fingerprint density at radius 1 is 1.40 bits per heavy atom. The van der Waals surface area contributed by atoms with Crippen LogP contribution in [0.15, 0.2) is 12.4 Å². The lowest BCUT2D eigenvalue weighted by Gasteiger charge is -2.29. The number of carbonyl (C=O) groups is 2. The fourth-order valence-electron chi connectivity index (χ4n) is 3.68. The number of terminal acetylenes is 2. The van der Waals surface area contributed by atoms with Crippen molar-refractivity contribution in [2.75, 3.05) is 11.9 Å². The summed E-state index contributed by atoms with van der Waals surface area (Å²) in [5.41, 5.74) is -4.05. The third kappa shape index (κ3) is 4.50. The van der Waals surface area contributed by atoms with Gasteiger partial charge in [0.2, 0.25) is 0 Å². The molecule has 0 amide bonds. The van der Waals surface area contributed by atoms with Crippen LogP contribution in [0.4, 0.5) is 5.69 Å². The maximum absolute atomic E-state index is 11.7. The molecular formula is C22H23ClN4O8. The molecule has 2 aromatic heterocycles. The van der Waals surface area contributed by atoms with E-state index in [-0.39, 0.29) is 16.8 Å². The molecule has 1 aliphatic heterocycles. The molecule has 0 aliphatic carbocycles. The molecule has 3 rings (SSSR count). The van der Waals surface area contributed by atoms with Crippen molar-refractivity contribution < 1.29 is 39.5 Å². The quantitative estimate of drug-likeness (QED) is 0.181. The van der Waals surface area contributed by atoms with Crippen LogP contribution in [0.5, 0.6) is 0 Å². The molecule has 3 heterocycles. The number of carboxylic acid groups (broad SMARTS) is 2. The standard InChI is InChI=1S/C22H23ClN4O8/c1-5-7-22(19(29)30,20(31)32)34-9-13-21(33,6-2)16(28)18(35-13)27-10-24-15-12(25-11(3)4)8-14(23)26-17(15)27/h1-2,8,10-11,13,16,18,28,33H,7,9H2,3-4H3,(H,25,26)(H,29,30)(H,31,32)/t13-,16+,18-,21-/m1/s1. The van der Waals surface area contributed by atoms with Gasteiger partial charge in [-0.25, -0.2) is 19.6 Å². The Bertz CT molecular complexity index is 1220. The molecule has 12 nitrogen and oxygen atoms in total. The minimum absolute atomic E-state index is 0.0370. The van der Waals surface area contributed by atoms with E-state index < -0.39 is 54.6 Å². The SMILES string of the molecule is C#CCC(OC[C@H]1O[C@@H](n2cnc3c(NC(C)C)cc(Cl)nc32)[C@H](O)[C@@]1(O)C#C)(C(=O)O)C(=O)O. The van der Waals surface area contributed by atoms with Crippen LogP contribution in [-0.2, 0) is 19.1 Å². The molecule has 5 N–H and O–H groups in total. The molecular weight excluding hydrogens is 484 g/mol. The highest BCUT2D eigenvalue weighted by atomic mass is 35.5. The monoisotopic (exact) mass is 506 g/mol. The Balaban J connectivity index is 1.98. The summed E-state index contributed by atoms with van der Waals surface area (Å²) in [6.45, 7) is 3.00. The fraction of sp³-hybridized carbons (Fsp3) is 0.455. The predicted octanol–water partition coefficient (Wildman–Crippen LogP) is 0.475. The predicted molar refractivity (Wildman–Crippen MR) is 122 cm³/mol. The van der Waals surface area contributed by atoms with Gasteiger partial charge in [0.15, 0.2) is 17.5 Å². The molecule has 0 spiro atoms. The molecule has 13 heteroatoms. The van der Waals surface area contributed by atoms with Gasteiger partial charge in [0.25, 0.3) is 5.60 Å². The normalized spacial score (nSPS) is 24.3. The van der Waals surface area contributed by atoms with Gasteiger partial charge >= 0.3 is 11.9 Å². The third-order valence-electron chi connectivity index (χ3n) is 5.49. The smallest absolute Gasteiger partial charge is 0.348 e. The van der Waals surface area contributed by atoms with Crippen LogP contribution in [0, 0.1) is 24.7 Å². The number of rotatable bonds is 9. The van der Waals surface area contributed by atoms with Gasteiger partial charge in [-0.3, -0.25) is 4.57 Å². The lowest BCUT2D eigenvalue weighted by atomic mass is 9.93. The van der Waals surface area contributed by atoms with Gasteiger partial charge in [0.05, 0.1) is 25.0 Å². The third-order valence-corrected chi connectivity index (χ3v) is 5.68. The van der Waals surface area contributed by atoms with E-state index in [2.05, 4.69) is 15.3 Å². The number of aliphatic hydroxyl groups is 2. The number of nitrogens with zero attached hydrogens (tertiary/aromatic N) is 3. The number of ether oxygens (including phenoxy) is 2. The highest BCUT2D eigenvalue weighted by Gasteiger charge is 2.57. The van der Waals surface area contributed by atoms with E-state index in [1.165, 1.54) is 10.9 Å². The van der Waals surface area contributed by atoms with Gasteiger partial charge in [-0.15, -0.1) is 18.8 Å². The van der Waals surface area contributed by atoms with E-state index in [1.807, 2.05) is 25.7 Å². The second-order valence-electron chi connectivity index (χ2n) is 8.17. The first kappa shape index (κ1) is 26.2. The Hall–Kier alpha value is -3.39. The maximum Gasteiger partial charge on any atom is 0.348 e. The van der Waals surface area contributed by atoms with Crippen LogP contribution in [0.1, 0.15) is 26.5 Å². The van der Waals surface area contributed by atoms with Crippen molar-refractivity contribution in [3.63, 3.8) is 0 Å². The zero-order chi connectivity index (χ0) is 26.1. The Kier molecular flexibility index (Phi) is 7.26. The molecule has 1 aliphatic rings. The second kappa shape index (κ2) is 9.70. The van der Waals surface area contributed by atoms with Crippen molar-refractivity contribution in [1.82, 2.24) is 14.5 Å². The lowest BCUT2D eigenvalue weighted by molar-refractivity contribution is -0.190. The molecule has 0 saturated carbocycles. The number of aromatic nitrogens is 3. The number of carboxylic acids is 2. The van der Waals surface area contributed by atoms with Gasteiger partial charge < -0.3 is 35.2 Å². The fourth-order valence-corrected chi connectivity index (χ4v) is 3.87. The zero-order valence-electron chi connectivity index (χ0n) is 18.7. The molecule has 35 heavy (non-hydrogen) atoms. The number of hydrogen-bond donors (Lipinski definition) is 5. The van der Waals surface area contributed by atoms with Crippen molar-refractivity contribution in [1.29, 1.82) is 0 Å². The van der Waals surface area contributed by atoms with Gasteiger partial charge in [0, 0.05) is 12.1 Å². The summed E-state index contributed by atoms with van der Waals surface area (Å²) in [5, 5.41) is 44.0. The minimum atomic E-state index is -2.81. The number of nitrogens with one attached hydrogen (secondary N) is 1.